The highest BCUT2D eigenvalue weighted by molar-refractivity contribution is 9.10. The van der Waals surface area contributed by atoms with Gasteiger partial charge in [0.1, 0.15) is 0 Å². The fourth-order valence-electron chi connectivity index (χ4n) is 2.42. The monoisotopic (exact) mass is 350 g/mol. The highest BCUT2D eigenvalue weighted by atomic mass is 79.9. The number of anilines is 1. The number of nitrogens with zero attached hydrogens (tertiary/aromatic N) is 3. The smallest absolute Gasteiger partial charge is 0.223 e. The van der Waals surface area contributed by atoms with Gasteiger partial charge in [-0.15, -0.1) is 0 Å². The van der Waals surface area contributed by atoms with Gasteiger partial charge in [0.2, 0.25) is 5.95 Å². The molecule has 2 heterocycles. The molecule has 1 aliphatic heterocycles. The minimum Gasteiger partial charge on any atom is -0.379 e. The van der Waals surface area contributed by atoms with Crippen LogP contribution in [0.25, 0.3) is 10.9 Å². The molecule has 1 N–H and O–H groups in total. The van der Waals surface area contributed by atoms with Crippen molar-refractivity contribution in [1.29, 1.82) is 0 Å². The molecule has 0 spiro atoms. The van der Waals surface area contributed by atoms with Crippen molar-refractivity contribution in [2.45, 2.75) is 6.42 Å². The number of benzene rings is 1. The molecule has 1 saturated heterocycles. The summed E-state index contributed by atoms with van der Waals surface area (Å²) in [5.41, 5.74) is 0.962. The standard InChI is InChI=1S/C15H19BrN4O/c16-13-2-3-14-12(10-13)11-18-15(19-14)17-4-1-5-20-6-8-21-9-7-20/h2-3,10-11H,1,4-9H2,(H,17,18,19). The highest BCUT2D eigenvalue weighted by Gasteiger charge is 2.09. The molecule has 6 heteroatoms. The molecule has 1 aromatic carbocycles. The Morgan fingerprint density at radius 1 is 1.29 bits per heavy atom. The van der Waals surface area contributed by atoms with E-state index < -0.39 is 0 Å². The van der Waals surface area contributed by atoms with Gasteiger partial charge >= 0.3 is 0 Å². The quantitative estimate of drug-likeness (QED) is 0.839. The first kappa shape index (κ1) is 14.7. The molecule has 0 atom stereocenters. The van der Waals surface area contributed by atoms with Crippen LogP contribution < -0.4 is 5.32 Å². The summed E-state index contributed by atoms with van der Waals surface area (Å²) in [6.45, 7) is 5.78. The first-order valence-electron chi connectivity index (χ1n) is 7.27. The maximum atomic E-state index is 5.34. The van der Waals surface area contributed by atoms with E-state index >= 15 is 0 Å². The number of halogens is 1. The van der Waals surface area contributed by atoms with Crippen molar-refractivity contribution in [3.63, 3.8) is 0 Å². The third-order valence-electron chi connectivity index (χ3n) is 3.58. The molecule has 21 heavy (non-hydrogen) atoms. The molecule has 112 valence electrons. The number of ether oxygens (including phenoxy) is 1. The Hall–Kier alpha value is -1.24. The summed E-state index contributed by atoms with van der Waals surface area (Å²) in [6, 6.07) is 6.02. The van der Waals surface area contributed by atoms with E-state index in [1.54, 1.807) is 0 Å². The first-order chi connectivity index (χ1) is 10.3. The van der Waals surface area contributed by atoms with Crippen LogP contribution in [-0.4, -0.2) is 54.3 Å². The summed E-state index contributed by atoms with van der Waals surface area (Å²) in [5, 5.41) is 4.34. The summed E-state index contributed by atoms with van der Waals surface area (Å²) in [6.07, 6.45) is 2.94. The van der Waals surface area contributed by atoms with Crippen molar-refractivity contribution in [1.82, 2.24) is 14.9 Å². The van der Waals surface area contributed by atoms with E-state index in [4.69, 9.17) is 4.74 Å². The van der Waals surface area contributed by atoms with Gasteiger partial charge in [-0.05, 0) is 31.2 Å². The van der Waals surface area contributed by atoms with Crippen molar-refractivity contribution < 1.29 is 4.74 Å². The minimum atomic E-state index is 0.701. The van der Waals surface area contributed by atoms with Crippen LogP contribution in [0.1, 0.15) is 6.42 Å². The number of fused-ring (bicyclic) bond motifs is 1. The minimum absolute atomic E-state index is 0.701. The fourth-order valence-corrected chi connectivity index (χ4v) is 2.80. The second-order valence-corrected chi connectivity index (χ2v) is 6.05. The molecule has 0 amide bonds. The molecule has 3 rings (SSSR count). The van der Waals surface area contributed by atoms with Crippen LogP contribution in [0, 0.1) is 0 Å². The lowest BCUT2D eigenvalue weighted by Crippen LogP contribution is -2.37. The van der Waals surface area contributed by atoms with Gasteiger partial charge < -0.3 is 10.1 Å². The predicted octanol–water partition coefficient (Wildman–Crippen LogP) is 2.53. The third-order valence-corrected chi connectivity index (χ3v) is 4.07. The van der Waals surface area contributed by atoms with E-state index in [0.717, 1.165) is 61.2 Å². The number of hydrogen-bond acceptors (Lipinski definition) is 5. The van der Waals surface area contributed by atoms with Gasteiger partial charge in [0, 0.05) is 35.7 Å². The maximum absolute atomic E-state index is 5.34. The molecule has 0 saturated carbocycles. The highest BCUT2D eigenvalue weighted by Crippen LogP contribution is 2.18. The first-order valence-corrected chi connectivity index (χ1v) is 8.07. The van der Waals surface area contributed by atoms with Gasteiger partial charge in [-0.25, -0.2) is 9.97 Å². The van der Waals surface area contributed by atoms with Gasteiger partial charge in [-0.2, -0.15) is 0 Å². The number of hydrogen-bond donors (Lipinski definition) is 1. The summed E-state index contributed by atoms with van der Waals surface area (Å²) in [4.78, 5) is 11.3. The maximum Gasteiger partial charge on any atom is 0.223 e. The Kier molecular flexibility index (Phi) is 5.00. The number of nitrogens with one attached hydrogen (secondary N) is 1. The van der Waals surface area contributed by atoms with Gasteiger partial charge in [0.15, 0.2) is 0 Å². The zero-order valence-corrected chi connectivity index (χ0v) is 13.5. The molecule has 0 radical (unpaired) electrons. The Bertz CT molecular complexity index is 601. The van der Waals surface area contributed by atoms with E-state index in [9.17, 15) is 0 Å². The zero-order chi connectivity index (χ0) is 14.5. The largest absolute Gasteiger partial charge is 0.379 e. The lowest BCUT2D eigenvalue weighted by Gasteiger charge is -2.26. The third kappa shape index (κ3) is 4.12. The van der Waals surface area contributed by atoms with Crippen molar-refractivity contribution >= 4 is 32.8 Å². The molecular formula is C15H19BrN4O. The molecular weight excluding hydrogens is 332 g/mol. The van der Waals surface area contributed by atoms with Crippen LogP contribution in [0.15, 0.2) is 28.9 Å². The molecule has 2 aromatic rings. The summed E-state index contributed by atoms with van der Waals surface area (Å²) >= 11 is 3.46. The normalized spacial score (nSPS) is 16.2. The predicted molar refractivity (Wildman–Crippen MR) is 87.6 cm³/mol. The molecule has 1 fully saturated rings. The molecule has 5 nitrogen and oxygen atoms in total. The number of morpholine rings is 1. The van der Waals surface area contributed by atoms with E-state index in [0.29, 0.717) is 5.95 Å². The molecule has 0 bridgehead atoms. The molecule has 1 aromatic heterocycles. The van der Waals surface area contributed by atoms with Crippen molar-refractivity contribution in [3.8, 4) is 0 Å². The Morgan fingerprint density at radius 3 is 3.00 bits per heavy atom. The van der Waals surface area contributed by atoms with Crippen LogP contribution in [0.5, 0.6) is 0 Å². The summed E-state index contributed by atoms with van der Waals surface area (Å²) in [5.74, 6) is 0.701. The second-order valence-electron chi connectivity index (χ2n) is 5.13. The fraction of sp³-hybridized carbons (Fsp3) is 0.467. The zero-order valence-electron chi connectivity index (χ0n) is 11.9. The van der Waals surface area contributed by atoms with Crippen LogP contribution in [0.3, 0.4) is 0 Å². The lowest BCUT2D eigenvalue weighted by atomic mass is 10.2. The topological polar surface area (TPSA) is 50.3 Å². The van der Waals surface area contributed by atoms with Gasteiger partial charge in [-0.1, -0.05) is 15.9 Å². The SMILES string of the molecule is Brc1ccc2nc(NCCCN3CCOCC3)ncc2c1. The van der Waals surface area contributed by atoms with Crippen LogP contribution >= 0.6 is 15.9 Å². The molecule has 0 aliphatic carbocycles. The Balaban J connectivity index is 1.49. The Labute approximate surface area is 132 Å². The summed E-state index contributed by atoms with van der Waals surface area (Å²) < 4.78 is 6.39. The lowest BCUT2D eigenvalue weighted by molar-refractivity contribution is 0.0378. The van der Waals surface area contributed by atoms with Crippen molar-refractivity contribution in [3.05, 3.63) is 28.9 Å². The van der Waals surface area contributed by atoms with Crippen molar-refractivity contribution in [2.75, 3.05) is 44.7 Å². The van der Waals surface area contributed by atoms with E-state index in [2.05, 4.69) is 36.1 Å². The Morgan fingerprint density at radius 2 is 2.14 bits per heavy atom. The van der Waals surface area contributed by atoms with Crippen molar-refractivity contribution in [2.24, 2.45) is 0 Å². The average Bonchev–Trinajstić information content (AvgIpc) is 2.52. The number of rotatable bonds is 5. The van der Waals surface area contributed by atoms with Gasteiger partial charge in [0.05, 0.1) is 18.7 Å². The average molecular weight is 351 g/mol. The summed E-state index contributed by atoms with van der Waals surface area (Å²) in [7, 11) is 0. The molecule has 0 unspecified atom stereocenters. The van der Waals surface area contributed by atoms with Crippen LogP contribution in [-0.2, 0) is 4.74 Å². The molecule has 1 aliphatic rings. The van der Waals surface area contributed by atoms with E-state index in [-0.39, 0.29) is 0 Å². The van der Waals surface area contributed by atoms with Gasteiger partial charge in [-0.3, -0.25) is 4.90 Å². The second kappa shape index (κ2) is 7.15. The van der Waals surface area contributed by atoms with E-state index in [1.165, 1.54) is 0 Å². The van der Waals surface area contributed by atoms with Crippen LogP contribution in [0.2, 0.25) is 0 Å². The van der Waals surface area contributed by atoms with Gasteiger partial charge in [0.25, 0.3) is 0 Å². The van der Waals surface area contributed by atoms with E-state index in [1.807, 2.05) is 24.4 Å². The van der Waals surface area contributed by atoms with Crippen LogP contribution in [0.4, 0.5) is 5.95 Å². The number of aromatic nitrogens is 2.